The van der Waals surface area contributed by atoms with Crippen molar-refractivity contribution in [1.29, 1.82) is 0 Å². The molecule has 1 saturated heterocycles. The van der Waals surface area contributed by atoms with Gasteiger partial charge in [0.15, 0.2) is 0 Å². The van der Waals surface area contributed by atoms with E-state index in [9.17, 15) is 15.0 Å². The monoisotopic (exact) mass is 169 g/mol. The molecule has 0 aliphatic carbocycles. The Bertz CT molecular complexity index is 265. The van der Waals surface area contributed by atoms with E-state index in [1.54, 1.807) is 0 Å². The van der Waals surface area contributed by atoms with Gasteiger partial charge in [-0.1, -0.05) is 5.92 Å². The molecule has 0 aromatic rings. The lowest BCUT2D eigenvalue weighted by atomic mass is 10.0. The number of aliphatic hydroxyl groups excluding tert-OH is 1. The van der Waals surface area contributed by atoms with E-state index in [1.165, 1.54) is 18.9 Å². The van der Waals surface area contributed by atoms with Gasteiger partial charge in [0, 0.05) is 7.05 Å². The summed E-state index contributed by atoms with van der Waals surface area (Å²) in [5, 5.41) is 18.9. The highest BCUT2D eigenvalue weighted by Crippen LogP contribution is 2.21. The Kier molecular flexibility index (Phi) is 2.09. The van der Waals surface area contributed by atoms with Crippen LogP contribution in [-0.4, -0.2) is 46.3 Å². The summed E-state index contributed by atoms with van der Waals surface area (Å²) in [4.78, 5) is 12.5. The van der Waals surface area contributed by atoms with Crippen molar-refractivity contribution in [3.63, 3.8) is 0 Å². The van der Waals surface area contributed by atoms with Gasteiger partial charge in [-0.2, -0.15) is 0 Å². The summed E-state index contributed by atoms with van der Waals surface area (Å²) in [6, 6.07) is 0. The predicted molar refractivity (Wildman–Crippen MR) is 42.0 cm³/mol. The van der Waals surface area contributed by atoms with E-state index in [-0.39, 0.29) is 6.54 Å². The fourth-order valence-corrected chi connectivity index (χ4v) is 1.24. The Balaban J connectivity index is 3.01. The van der Waals surface area contributed by atoms with Crippen LogP contribution >= 0.6 is 0 Å². The van der Waals surface area contributed by atoms with E-state index in [0.717, 1.165) is 0 Å². The average molecular weight is 169 g/mol. The maximum Gasteiger partial charge on any atom is 0.269 e. The van der Waals surface area contributed by atoms with Gasteiger partial charge >= 0.3 is 0 Å². The van der Waals surface area contributed by atoms with Crippen molar-refractivity contribution in [1.82, 2.24) is 4.90 Å². The molecule has 1 fully saturated rings. The second-order valence-corrected chi connectivity index (χ2v) is 2.84. The lowest BCUT2D eigenvalue weighted by Gasteiger charge is -2.15. The molecular formula is C8H11NO3. The molecule has 0 bridgehead atoms. The quantitative estimate of drug-likeness (QED) is 0.437. The maximum absolute atomic E-state index is 11.2. The lowest BCUT2D eigenvalue weighted by Crippen LogP contribution is -2.44. The number of hydrogen-bond donors (Lipinski definition) is 2. The molecule has 2 unspecified atom stereocenters. The highest BCUT2D eigenvalue weighted by atomic mass is 16.4. The molecule has 12 heavy (non-hydrogen) atoms. The van der Waals surface area contributed by atoms with Crippen LogP contribution in [0.3, 0.4) is 0 Å². The van der Waals surface area contributed by atoms with Crippen LogP contribution in [-0.2, 0) is 4.79 Å². The van der Waals surface area contributed by atoms with Crippen LogP contribution < -0.4 is 0 Å². The number of hydrogen-bond acceptors (Lipinski definition) is 3. The second kappa shape index (κ2) is 2.77. The van der Waals surface area contributed by atoms with Crippen molar-refractivity contribution in [2.75, 3.05) is 13.6 Å². The van der Waals surface area contributed by atoms with Crippen molar-refractivity contribution in [2.24, 2.45) is 0 Å². The lowest BCUT2D eigenvalue weighted by molar-refractivity contribution is -0.140. The Labute approximate surface area is 70.8 Å². The fraction of sp³-hybridized carbons (Fsp3) is 0.625. The van der Waals surface area contributed by atoms with Gasteiger partial charge in [-0.25, -0.2) is 0 Å². The Morgan fingerprint density at radius 3 is 2.67 bits per heavy atom. The summed E-state index contributed by atoms with van der Waals surface area (Å²) in [6.45, 7) is 1.64. The Hall–Kier alpha value is -1.05. The molecule has 1 aliphatic rings. The Morgan fingerprint density at radius 2 is 2.33 bits per heavy atom. The second-order valence-electron chi connectivity index (χ2n) is 2.84. The molecule has 2 atom stereocenters. The van der Waals surface area contributed by atoms with Crippen LogP contribution in [0, 0.1) is 11.8 Å². The van der Waals surface area contributed by atoms with Gasteiger partial charge < -0.3 is 15.1 Å². The van der Waals surface area contributed by atoms with Crippen molar-refractivity contribution in [2.45, 2.75) is 18.6 Å². The van der Waals surface area contributed by atoms with Gasteiger partial charge in [-0.3, -0.25) is 4.79 Å². The minimum absolute atomic E-state index is 0.129. The van der Waals surface area contributed by atoms with Crippen LogP contribution in [0.4, 0.5) is 0 Å². The Morgan fingerprint density at radius 1 is 1.75 bits per heavy atom. The van der Waals surface area contributed by atoms with Crippen molar-refractivity contribution in [3.8, 4) is 11.8 Å². The molecule has 1 aliphatic heterocycles. The zero-order valence-corrected chi connectivity index (χ0v) is 7.03. The van der Waals surface area contributed by atoms with Crippen LogP contribution in [0.25, 0.3) is 0 Å². The number of carbonyl (C=O) groups is 1. The molecule has 1 amide bonds. The first-order chi connectivity index (χ1) is 5.52. The largest absolute Gasteiger partial charge is 0.387 e. The minimum atomic E-state index is -1.89. The van der Waals surface area contributed by atoms with Crippen molar-refractivity contribution < 1.29 is 15.0 Å². The van der Waals surface area contributed by atoms with E-state index in [0.29, 0.717) is 0 Å². The van der Waals surface area contributed by atoms with Crippen LogP contribution in [0.1, 0.15) is 6.92 Å². The molecule has 0 aromatic carbocycles. The summed E-state index contributed by atoms with van der Waals surface area (Å²) in [7, 11) is 1.51. The number of carbonyl (C=O) groups excluding carboxylic acids is 1. The topological polar surface area (TPSA) is 60.8 Å². The molecule has 0 radical (unpaired) electrons. The van der Waals surface area contributed by atoms with Crippen molar-refractivity contribution >= 4 is 5.91 Å². The van der Waals surface area contributed by atoms with Gasteiger partial charge in [-0.15, -0.1) is 5.92 Å². The van der Waals surface area contributed by atoms with E-state index < -0.39 is 17.6 Å². The number of nitrogens with zero attached hydrogens (tertiary/aromatic N) is 1. The SMILES string of the molecule is CC#CC1(O)C(=O)N(C)CC1O. The summed E-state index contributed by atoms with van der Waals surface area (Å²) in [5.41, 5.74) is -1.89. The van der Waals surface area contributed by atoms with Gasteiger partial charge in [0.1, 0.15) is 6.10 Å². The number of aliphatic hydroxyl groups is 2. The summed E-state index contributed by atoms with van der Waals surface area (Å²) in [5.74, 6) is 4.20. The highest BCUT2D eigenvalue weighted by Gasteiger charge is 2.50. The third-order valence-corrected chi connectivity index (χ3v) is 1.92. The third-order valence-electron chi connectivity index (χ3n) is 1.92. The van der Waals surface area contributed by atoms with Crippen LogP contribution in [0.2, 0.25) is 0 Å². The molecule has 4 nitrogen and oxygen atoms in total. The normalized spacial score (nSPS) is 34.8. The first-order valence-electron chi connectivity index (χ1n) is 3.62. The van der Waals surface area contributed by atoms with E-state index in [4.69, 9.17) is 0 Å². The van der Waals surface area contributed by atoms with E-state index in [2.05, 4.69) is 11.8 Å². The molecular weight excluding hydrogens is 158 g/mol. The fourth-order valence-electron chi connectivity index (χ4n) is 1.24. The van der Waals surface area contributed by atoms with Gasteiger partial charge in [0.2, 0.25) is 5.60 Å². The molecule has 66 valence electrons. The first kappa shape index (κ1) is 9.04. The molecule has 2 N–H and O–H groups in total. The zero-order chi connectivity index (χ0) is 9.35. The van der Waals surface area contributed by atoms with Gasteiger partial charge in [0.05, 0.1) is 6.54 Å². The summed E-state index contributed by atoms with van der Waals surface area (Å²) >= 11 is 0. The minimum Gasteiger partial charge on any atom is -0.387 e. The zero-order valence-electron chi connectivity index (χ0n) is 7.03. The smallest absolute Gasteiger partial charge is 0.269 e. The van der Waals surface area contributed by atoms with E-state index >= 15 is 0 Å². The number of β-amino-alcohol motifs (C(OH)–C–C–N with tert-alkyl or cyclic N) is 1. The van der Waals surface area contributed by atoms with Gasteiger partial charge in [0.25, 0.3) is 5.91 Å². The first-order valence-corrected chi connectivity index (χ1v) is 3.62. The number of rotatable bonds is 0. The van der Waals surface area contributed by atoms with Crippen LogP contribution in [0.15, 0.2) is 0 Å². The molecule has 1 rings (SSSR count). The molecule has 4 heteroatoms. The van der Waals surface area contributed by atoms with Crippen molar-refractivity contribution in [3.05, 3.63) is 0 Å². The molecule has 1 heterocycles. The number of likely N-dealkylation sites (N-methyl/N-ethyl adjacent to an activating group) is 1. The van der Waals surface area contributed by atoms with E-state index in [1.807, 2.05) is 0 Å². The molecule has 0 saturated carbocycles. The highest BCUT2D eigenvalue weighted by molar-refractivity contribution is 5.91. The standard InChI is InChI=1S/C8H11NO3/c1-3-4-8(12)6(10)5-9(2)7(8)11/h6,10,12H,5H2,1-2H3. The predicted octanol–water partition coefficient (Wildman–Crippen LogP) is -1.43. The van der Waals surface area contributed by atoms with Crippen LogP contribution in [0.5, 0.6) is 0 Å². The summed E-state index contributed by atoms with van der Waals surface area (Å²) < 4.78 is 0. The number of amides is 1. The number of likely N-dealkylation sites (tertiary alicyclic amines) is 1. The molecule has 0 spiro atoms. The van der Waals surface area contributed by atoms with Gasteiger partial charge in [-0.05, 0) is 6.92 Å². The molecule has 0 aromatic heterocycles. The third kappa shape index (κ3) is 1.07. The average Bonchev–Trinajstić information content (AvgIpc) is 2.17. The summed E-state index contributed by atoms with van der Waals surface area (Å²) in [6.07, 6.45) is -1.11. The maximum atomic E-state index is 11.2.